The number of anilines is 1. The molecule has 0 spiro atoms. The van der Waals surface area contributed by atoms with E-state index in [1.165, 1.54) is 12.1 Å². The molecule has 2 aromatic carbocycles. The van der Waals surface area contributed by atoms with Crippen LogP contribution in [0.2, 0.25) is 5.02 Å². The van der Waals surface area contributed by atoms with Crippen LogP contribution in [0.5, 0.6) is 0 Å². The number of hydrogen-bond donors (Lipinski definition) is 1. The van der Waals surface area contributed by atoms with Crippen molar-refractivity contribution in [1.82, 2.24) is 0 Å². The molecule has 2 aromatic rings. The molecule has 0 fully saturated rings. The molecular formula is C14H10BrClFNO. The molecule has 19 heavy (non-hydrogen) atoms. The fourth-order valence-electron chi connectivity index (χ4n) is 1.65. The maximum Gasteiger partial charge on any atom is 0.258 e. The number of para-hydroxylation sites is 1. The maximum atomic E-state index is 13.8. The van der Waals surface area contributed by atoms with Crippen LogP contribution in [0.25, 0.3) is 0 Å². The van der Waals surface area contributed by atoms with E-state index in [0.717, 1.165) is 5.56 Å². The summed E-state index contributed by atoms with van der Waals surface area (Å²) in [4.78, 5) is 12.1. The zero-order valence-corrected chi connectivity index (χ0v) is 12.3. The number of carbonyl (C=O) groups is 1. The largest absolute Gasteiger partial charge is 0.320 e. The Morgan fingerprint density at radius 2 is 1.95 bits per heavy atom. The number of halogens is 3. The smallest absolute Gasteiger partial charge is 0.258 e. The van der Waals surface area contributed by atoms with E-state index in [4.69, 9.17) is 11.6 Å². The zero-order valence-electron chi connectivity index (χ0n) is 10.0. The first-order valence-corrected chi connectivity index (χ1v) is 6.68. The van der Waals surface area contributed by atoms with Gasteiger partial charge >= 0.3 is 0 Å². The summed E-state index contributed by atoms with van der Waals surface area (Å²) in [6.45, 7) is 1.82. The van der Waals surface area contributed by atoms with Crippen LogP contribution in [0, 0.1) is 12.7 Å². The van der Waals surface area contributed by atoms with Crippen LogP contribution in [-0.4, -0.2) is 5.91 Å². The summed E-state index contributed by atoms with van der Waals surface area (Å²) in [5.41, 5.74) is 1.28. The van der Waals surface area contributed by atoms with Crippen molar-refractivity contribution in [3.8, 4) is 0 Å². The van der Waals surface area contributed by atoms with E-state index in [1.807, 2.05) is 13.0 Å². The first-order valence-electron chi connectivity index (χ1n) is 5.51. The van der Waals surface area contributed by atoms with E-state index in [1.54, 1.807) is 18.2 Å². The zero-order chi connectivity index (χ0) is 14.0. The van der Waals surface area contributed by atoms with Crippen molar-refractivity contribution in [3.63, 3.8) is 0 Å². The van der Waals surface area contributed by atoms with Gasteiger partial charge in [-0.05, 0) is 46.6 Å². The second kappa shape index (κ2) is 5.72. The molecule has 2 rings (SSSR count). The molecule has 0 radical (unpaired) electrons. The highest BCUT2D eigenvalue weighted by Crippen LogP contribution is 2.26. The molecule has 0 saturated heterocycles. The lowest BCUT2D eigenvalue weighted by atomic mass is 10.1. The molecule has 0 bridgehead atoms. The third-order valence-electron chi connectivity index (χ3n) is 2.66. The van der Waals surface area contributed by atoms with E-state index in [9.17, 15) is 9.18 Å². The summed E-state index contributed by atoms with van der Waals surface area (Å²) in [5, 5.41) is 3.05. The standard InChI is InChI=1S/C14H10BrClFNO/c1-8-4-2-7-11(16)13(8)18-14(19)9-5-3-6-10(15)12(9)17/h2-7H,1H3,(H,18,19). The molecule has 2 nitrogen and oxygen atoms in total. The minimum Gasteiger partial charge on any atom is -0.320 e. The van der Waals surface area contributed by atoms with Gasteiger partial charge in [0.2, 0.25) is 0 Å². The van der Waals surface area contributed by atoms with Crippen LogP contribution in [0.15, 0.2) is 40.9 Å². The number of nitrogens with one attached hydrogen (secondary N) is 1. The highest BCUT2D eigenvalue weighted by molar-refractivity contribution is 9.10. The first kappa shape index (κ1) is 14.0. The Labute approximate surface area is 123 Å². The lowest BCUT2D eigenvalue weighted by molar-refractivity contribution is 0.102. The van der Waals surface area contributed by atoms with Crippen LogP contribution in [0.4, 0.5) is 10.1 Å². The molecule has 1 N–H and O–H groups in total. The minimum absolute atomic E-state index is 0.0336. The average molecular weight is 343 g/mol. The summed E-state index contributed by atoms with van der Waals surface area (Å²) in [7, 11) is 0. The highest BCUT2D eigenvalue weighted by atomic mass is 79.9. The molecule has 0 saturated carbocycles. The lowest BCUT2D eigenvalue weighted by Crippen LogP contribution is -2.15. The Morgan fingerprint density at radius 1 is 1.26 bits per heavy atom. The van der Waals surface area contributed by atoms with Gasteiger partial charge in [-0.25, -0.2) is 4.39 Å². The van der Waals surface area contributed by atoms with E-state index >= 15 is 0 Å². The third kappa shape index (κ3) is 2.96. The Bertz CT molecular complexity index is 625. The topological polar surface area (TPSA) is 29.1 Å². The summed E-state index contributed by atoms with van der Waals surface area (Å²) < 4.78 is 14.1. The predicted molar refractivity (Wildman–Crippen MR) is 78.2 cm³/mol. The molecule has 1 amide bonds. The van der Waals surface area contributed by atoms with Crippen LogP contribution in [-0.2, 0) is 0 Å². The van der Waals surface area contributed by atoms with Crippen molar-refractivity contribution in [2.24, 2.45) is 0 Å². The number of rotatable bonds is 2. The monoisotopic (exact) mass is 341 g/mol. The molecule has 0 unspecified atom stereocenters. The van der Waals surface area contributed by atoms with Crippen LogP contribution in [0.1, 0.15) is 15.9 Å². The lowest BCUT2D eigenvalue weighted by Gasteiger charge is -2.11. The van der Waals surface area contributed by atoms with Crippen molar-refractivity contribution in [2.45, 2.75) is 6.92 Å². The summed E-state index contributed by atoms with van der Waals surface area (Å²) in [6, 6.07) is 9.82. The molecular weight excluding hydrogens is 333 g/mol. The van der Waals surface area contributed by atoms with Gasteiger partial charge in [-0.1, -0.05) is 29.8 Å². The molecule has 0 aromatic heterocycles. The van der Waals surface area contributed by atoms with Crippen LogP contribution in [0.3, 0.4) is 0 Å². The maximum absolute atomic E-state index is 13.8. The Hall–Kier alpha value is -1.39. The van der Waals surface area contributed by atoms with Gasteiger partial charge in [0.25, 0.3) is 5.91 Å². The van der Waals surface area contributed by atoms with Crippen LogP contribution >= 0.6 is 27.5 Å². The summed E-state index contributed by atoms with van der Waals surface area (Å²) in [5.74, 6) is -1.13. The van der Waals surface area contributed by atoms with E-state index in [2.05, 4.69) is 21.2 Å². The van der Waals surface area contributed by atoms with Crippen molar-refractivity contribution >= 4 is 39.1 Å². The Balaban J connectivity index is 2.34. The van der Waals surface area contributed by atoms with Gasteiger partial charge in [0.15, 0.2) is 0 Å². The molecule has 0 heterocycles. The highest BCUT2D eigenvalue weighted by Gasteiger charge is 2.15. The normalized spacial score (nSPS) is 10.3. The summed E-state index contributed by atoms with van der Waals surface area (Å²) in [6.07, 6.45) is 0. The number of amides is 1. The molecule has 0 atom stereocenters. The summed E-state index contributed by atoms with van der Waals surface area (Å²) >= 11 is 9.06. The average Bonchev–Trinajstić information content (AvgIpc) is 2.37. The van der Waals surface area contributed by atoms with E-state index in [0.29, 0.717) is 10.7 Å². The fraction of sp³-hybridized carbons (Fsp3) is 0.0714. The molecule has 0 aliphatic rings. The van der Waals surface area contributed by atoms with E-state index in [-0.39, 0.29) is 10.0 Å². The van der Waals surface area contributed by atoms with Gasteiger partial charge in [-0.15, -0.1) is 0 Å². The fourth-order valence-corrected chi connectivity index (χ4v) is 2.29. The SMILES string of the molecule is Cc1cccc(Cl)c1NC(=O)c1cccc(Br)c1F. The number of aryl methyl sites for hydroxylation is 1. The van der Waals surface area contributed by atoms with Crippen molar-refractivity contribution in [2.75, 3.05) is 5.32 Å². The molecule has 0 aliphatic carbocycles. The van der Waals surface area contributed by atoms with Crippen molar-refractivity contribution in [1.29, 1.82) is 0 Å². The van der Waals surface area contributed by atoms with Gasteiger partial charge in [0.05, 0.1) is 20.7 Å². The molecule has 0 aliphatic heterocycles. The number of hydrogen-bond acceptors (Lipinski definition) is 1. The van der Waals surface area contributed by atoms with Crippen molar-refractivity contribution in [3.05, 3.63) is 62.8 Å². The van der Waals surface area contributed by atoms with Gasteiger partial charge in [-0.3, -0.25) is 4.79 Å². The molecule has 5 heteroatoms. The van der Waals surface area contributed by atoms with Crippen molar-refractivity contribution < 1.29 is 9.18 Å². The van der Waals surface area contributed by atoms with Gasteiger partial charge in [-0.2, -0.15) is 0 Å². The molecule has 98 valence electrons. The number of carbonyl (C=O) groups excluding carboxylic acids is 1. The van der Waals surface area contributed by atoms with Gasteiger partial charge in [0, 0.05) is 0 Å². The third-order valence-corrected chi connectivity index (χ3v) is 3.58. The second-order valence-corrected chi connectivity index (χ2v) is 5.25. The van der Waals surface area contributed by atoms with Crippen LogP contribution < -0.4 is 5.32 Å². The van der Waals surface area contributed by atoms with E-state index < -0.39 is 11.7 Å². The predicted octanol–water partition coefficient (Wildman–Crippen LogP) is 4.80. The Kier molecular flexibility index (Phi) is 4.22. The van der Waals surface area contributed by atoms with Gasteiger partial charge < -0.3 is 5.32 Å². The first-order chi connectivity index (χ1) is 9.00. The number of benzene rings is 2. The minimum atomic E-state index is -0.593. The Morgan fingerprint density at radius 3 is 2.63 bits per heavy atom. The second-order valence-electron chi connectivity index (χ2n) is 3.99. The quantitative estimate of drug-likeness (QED) is 0.834. The van der Waals surface area contributed by atoms with Gasteiger partial charge in [0.1, 0.15) is 5.82 Å².